The summed E-state index contributed by atoms with van der Waals surface area (Å²) in [5.74, 6) is -0.294. The molecule has 4 bridgehead atoms. The van der Waals surface area contributed by atoms with Gasteiger partial charge in [-0.15, -0.1) is 0 Å². The van der Waals surface area contributed by atoms with Gasteiger partial charge in [0, 0.05) is 49.1 Å². The van der Waals surface area contributed by atoms with E-state index in [9.17, 15) is 9.50 Å². The number of piperazine rings is 1. The van der Waals surface area contributed by atoms with Crippen LogP contribution in [0.2, 0.25) is 0 Å². The summed E-state index contributed by atoms with van der Waals surface area (Å²) in [5.41, 5.74) is 1.24. The van der Waals surface area contributed by atoms with E-state index in [1.165, 1.54) is 12.1 Å². The average Bonchev–Trinajstić information content (AvgIpc) is 3.50. The number of phenols is 1. The molecule has 4 fully saturated rings. The highest BCUT2D eigenvalue weighted by molar-refractivity contribution is 6.03. The molecule has 4 aliphatic rings. The molecule has 9 heteroatoms. The van der Waals surface area contributed by atoms with Crippen LogP contribution in [0.5, 0.6) is 5.75 Å². The fourth-order valence-corrected chi connectivity index (χ4v) is 8.93. The van der Waals surface area contributed by atoms with Crippen molar-refractivity contribution in [2.75, 3.05) is 24.5 Å². The Morgan fingerprint density at radius 1 is 0.957 bits per heavy atom. The Hall–Kier alpha value is -3.43. The Morgan fingerprint density at radius 3 is 2.46 bits per heavy atom. The number of aryl methyl sites for hydroxylation is 2. The quantitative estimate of drug-likeness (QED) is 0.201. The van der Waals surface area contributed by atoms with Crippen LogP contribution >= 0.6 is 0 Å². The van der Waals surface area contributed by atoms with Gasteiger partial charge in [0.15, 0.2) is 5.82 Å². The Balaban J connectivity index is 1.17. The molecule has 242 valence electrons. The molecule has 46 heavy (non-hydrogen) atoms. The van der Waals surface area contributed by atoms with Crippen molar-refractivity contribution in [3.63, 3.8) is 0 Å². The number of rotatable bonds is 8. The number of aromatic nitrogens is 2. The number of benzene rings is 3. The normalized spacial score (nSPS) is 26.1. The third kappa shape index (κ3) is 5.29. The maximum Gasteiger partial charge on any atom is 0.160 e. The van der Waals surface area contributed by atoms with Crippen LogP contribution in [0.4, 0.5) is 19.0 Å². The van der Waals surface area contributed by atoms with Gasteiger partial charge in [0.1, 0.15) is 34.9 Å². The minimum absolute atomic E-state index is 0.0424. The summed E-state index contributed by atoms with van der Waals surface area (Å²) >= 11 is 0. The topological polar surface area (TPSA) is 64.5 Å². The van der Waals surface area contributed by atoms with Crippen LogP contribution in [0.25, 0.3) is 32.8 Å². The van der Waals surface area contributed by atoms with E-state index in [1.807, 2.05) is 25.1 Å². The molecule has 0 spiro atoms. The Morgan fingerprint density at radius 2 is 1.72 bits per heavy atom. The molecule has 3 aromatic carbocycles. The largest absolute Gasteiger partial charge is 0.508 e. The van der Waals surface area contributed by atoms with Gasteiger partial charge in [-0.25, -0.2) is 23.1 Å². The van der Waals surface area contributed by atoms with E-state index in [4.69, 9.17) is 9.97 Å². The average molecular weight is 630 g/mol. The molecule has 4 atom stereocenters. The first-order chi connectivity index (χ1) is 22.4. The van der Waals surface area contributed by atoms with E-state index in [1.54, 1.807) is 6.07 Å². The van der Waals surface area contributed by atoms with Gasteiger partial charge >= 0.3 is 0 Å². The first-order valence-corrected chi connectivity index (χ1v) is 17.2. The molecule has 0 aliphatic carbocycles. The van der Waals surface area contributed by atoms with Crippen molar-refractivity contribution in [3.8, 4) is 16.9 Å². The van der Waals surface area contributed by atoms with Crippen molar-refractivity contribution < 1.29 is 18.3 Å². The maximum atomic E-state index is 16.9. The van der Waals surface area contributed by atoms with Crippen LogP contribution in [0.15, 0.2) is 36.4 Å². The number of fused-ring (bicyclic) bond motifs is 6. The van der Waals surface area contributed by atoms with E-state index in [-0.39, 0.29) is 16.8 Å². The summed E-state index contributed by atoms with van der Waals surface area (Å²) < 4.78 is 47.2. The second-order valence-corrected chi connectivity index (χ2v) is 14.0. The highest BCUT2D eigenvalue weighted by Gasteiger charge is 2.40. The summed E-state index contributed by atoms with van der Waals surface area (Å²) in [4.78, 5) is 14.4. The molecule has 4 aliphatic heterocycles. The van der Waals surface area contributed by atoms with Gasteiger partial charge in [0.05, 0.1) is 5.56 Å². The number of phenolic OH excluding ortho intramolecular Hbond substituents is 1. The summed E-state index contributed by atoms with van der Waals surface area (Å²) in [6.07, 6.45) is 7.98. The third-order valence-electron chi connectivity index (χ3n) is 11.0. The highest BCUT2D eigenvalue weighted by Crippen LogP contribution is 2.42. The van der Waals surface area contributed by atoms with Gasteiger partial charge in [-0.1, -0.05) is 25.1 Å². The Bertz CT molecular complexity index is 1770. The SMILES string of the molecule is CCc1cccc2cc(O)cc(-c3c(F)cc4c(N5CC6CCC(C5)N6)nc(CCCCN5C6CCC5CC(F)C6)nc4c3F)c12. The molecule has 4 aromatic rings. The monoisotopic (exact) mass is 629 g/mol. The lowest BCUT2D eigenvalue weighted by Gasteiger charge is -2.36. The van der Waals surface area contributed by atoms with Crippen LogP contribution in [0.1, 0.15) is 69.7 Å². The van der Waals surface area contributed by atoms with Gasteiger partial charge in [0.25, 0.3) is 0 Å². The van der Waals surface area contributed by atoms with Crippen molar-refractivity contribution >= 4 is 27.5 Å². The third-order valence-corrected chi connectivity index (χ3v) is 11.0. The molecule has 4 saturated heterocycles. The second-order valence-electron chi connectivity index (χ2n) is 14.0. The molecule has 0 radical (unpaired) electrons. The van der Waals surface area contributed by atoms with Crippen molar-refractivity contribution in [1.29, 1.82) is 0 Å². The maximum absolute atomic E-state index is 16.9. The van der Waals surface area contributed by atoms with Crippen molar-refractivity contribution in [2.45, 2.75) is 101 Å². The number of unbranched alkanes of at least 4 members (excludes halogenated alkanes) is 1. The van der Waals surface area contributed by atoms with Gasteiger partial charge in [-0.3, -0.25) is 4.90 Å². The van der Waals surface area contributed by atoms with Crippen molar-refractivity contribution in [3.05, 3.63) is 59.4 Å². The van der Waals surface area contributed by atoms with Gasteiger partial charge in [0.2, 0.25) is 0 Å². The van der Waals surface area contributed by atoms with E-state index in [2.05, 4.69) is 15.1 Å². The molecule has 1 aromatic heterocycles. The molecule has 4 unspecified atom stereocenters. The fraction of sp³-hybridized carbons (Fsp3) is 0.514. The van der Waals surface area contributed by atoms with Crippen LogP contribution in [0.3, 0.4) is 0 Å². The zero-order valence-corrected chi connectivity index (χ0v) is 26.4. The van der Waals surface area contributed by atoms with Gasteiger partial charge in [-0.2, -0.15) is 0 Å². The molecule has 6 nitrogen and oxygen atoms in total. The Kier molecular flexibility index (Phi) is 7.80. The predicted molar refractivity (Wildman–Crippen MR) is 176 cm³/mol. The van der Waals surface area contributed by atoms with Gasteiger partial charge in [-0.05, 0) is 104 Å². The minimum atomic E-state index is -0.721. The smallest absolute Gasteiger partial charge is 0.160 e. The number of nitrogens with one attached hydrogen (secondary N) is 1. The number of hydrogen-bond acceptors (Lipinski definition) is 6. The van der Waals surface area contributed by atoms with E-state index < -0.39 is 17.8 Å². The zero-order valence-electron chi connectivity index (χ0n) is 26.4. The van der Waals surface area contributed by atoms with Crippen LogP contribution in [0, 0.1) is 11.6 Å². The number of halogens is 3. The second kappa shape index (κ2) is 12.0. The first kappa shape index (κ1) is 29.9. The van der Waals surface area contributed by atoms with Gasteiger partial charge < -0.3 is 15.3 Å². The lowest BCUT2D eigenvalue weighted by molar-refractivity contribution is 0.0815. The van der Waals surface area contributed by atoms with Crippen LogP contribution < -0.4 is 10.2 Å². The fourth-order valence-electron chi connectivity index (χ4n) is 8.93. The number of anilines is 1. The molecule has 0 amide bonds. The Labute approximate surface area is 268 Å². The lowest BCUT2D eigenvalue weighted by atomic mass is 9.92. The number of aromatic hydroxyl groups is 1. The molecule has 2 N–H and O–H groups in total. The van der Waals surface area contributed by atoms with Crippen molar-refractivity contribution in [1.82, 2.24) is 20.2 Å². The minimum Gasteiger partial charge on any atom is -0.508 e. The lowest BCUT2D eigenvalue weighted by Crippen LogP contribution is -2.51. The summed E-state index contributed by atoms with van der Waals surface area (Å²) in [5, 5.41) is 16.1. The summed E-state index contributed by atoms with van der Waals surface area (Å²) in [6, 6.07) is 11.6. The van der Waals surface area contributed by atoms with Crippen molar-refractivity contribution in [2.24, 2.45) is 0 Å². The van der Waals surface area contributed by atoms with E-state index >= 15 is 8.78 Å². The molecule has 5 heterocycles. The van der Waals surface area contributed by atoms with E-state index in [0.717, 1.165) is 74.5 Å². The molecular weight excluding hydrogens is 587 g/mol. The number of hydrogen-bond donors (Lipinski definition) is 2. The summed E-state index contributed by atoms with van der Waals surface area (Å²) in [7, 11) is 0. The summed E-state index contributed by atoms with van der Waals surface area (Å²) in [6.45, 7) is 4.41. The first-order valence-electron chi connectivity index (χ1n) is 17.2. The molecule has 8 rings (SSSR count). The zero-order chi connectivity index (χ0) is 31.5. The standard InChI is InChI=1S/C37H42F3N5O/c1-2-21-6-5-7-22-14-28(46)17-29(33(21)22)34-31(39)18-30-36(35(34)40)42-32(43-37(30)44-19-24-9-10-25(20-44)41-24)8-3-4-13-45-26-11-12-27(45)16-23(38)15-26/h5-7,14,17-18,23-27,41,46H,2-4,8-13,15-16,19-20H2,1H3. The van der Waals surface area contributed by atoms with Crippen LogP contribution in [-0.4, -0.2) is 69.9 Å². The molecular formula is C37H42F3N5O. The number of piperidine rings is 1. The highest BCUT2D eigenvalue weighted by atomic mass is 19.1. The van der Waals surface area contributed by atoms with Crippen LogP contribution in [-0.2, 0) is 12.8 Å². The van der Waals surface area contributed by atoms with E-state index in [0.29, 0.717) is 72.4 Å². The number of nitrogens with zero attached hydrogens (tertiary/aromatic N) is 4. The predicted octanol–water partition coefficient (Wildman–Crippen LogP) is 7.22. The molecule has 0 saturated carbocycles. The number of alkyl halides is 1.